The van der Waals surface area contributed by atoms with Crippen molar-refractivity contribution in [3.05, 3.63) is 78.4 Å². The Hall–Kier alpha value is -4.24. The zero-order valence-corrected chi connectivity index (χ0v) is 20.8. The van der Waals surface area contributed by atoms with E-state index < -0.39 is 0 Å². The van der Waals surface area contributed by atoms with E-state index in [0.717, 1.165) is 11.1 Å². The highest BCUT2D eigenvalue weighted by molar-refractivity contribution is 7.99. The Morgan fingerprint density at radius 1 is 0.806 bits per heavy atom. The van der Waals surface area contributed by atoms with Gasteiger partial charge in [0.1, 0.15) is 22.9 Å². The van der Waals surface area contributed by atoms with E-state index in [2.05, 4.69) is 15.5 Å². The van der Waals surface area contributed by atoms with Crippen molar-refractivity contribution in [2.45, 2.75) is 12.1 Å². The van der Waals surface area contributed by atoms with Gasteiger partial charge in [0, 0.05) is 29.3 Å². The summed E-state index contributed by atoms with van der Waals surface area (Å²) in [5, 5.41) is 11.8. The number of Topliss-reactive ketones (excluding diaryl/α,β-unsaturated/α-hetero) is 1. The van der Waals surface area contributed by atoms with Crippen molar-refractivity contribution in [3.63, 3.8) is 0 Å². The topological polar surface area (TPSA) is 103 Å². The fourth-order valence-electron chi connectivity index (χ4n) is 3.58. The maximum absolute atomic E-state index is 12.8. The molecule has 0 aliphatic carbocycles. The molecule has 0 fully saturated rings. The third kappa shape index (κ3) is 5.69. The van der Waals surface area contributed by atoms with Gasteiger partial charge in [0.05, 0.1) is 20.0 Å². The lowest BCUT2D eigenvalue weighted by Crippen LogP contribution is -2.07. The van der Waals surface area contributed by atoms with E-state index >= 15 is 0 Å². The number of thioether (sulfide) groups is 1. The number of nitrogens with zero attached hydrogens (tertiary/aromatic N) is 3. The Balaban J connectivity index is 1.64. The normalized spacial score (nSPS) is 10.5. The molecule has 36 heavy (non-hydrogen) atoms. The largest absolute Gasteiger partial charge is 0.496 e. The molecule has 3 aromatic carbocycles. The highest BCUT2D eigenvalue weighted by Gasteiger charge is 2.20. The second kappa shape index (κ2) is 11.5. The van der Waals surface area contributed by atoms with Crippen molar-refractivity contribution in [3.8, 4) is 34.0 Å². The number of amides is 1. The molecule has 0 radical (unpaired) electrons. The lowest BCUT2D eigenvalue weighted by atomic mass is 10.0. The molecule has 0 aliphatic rings. The highest BCUT2D eigenvalue weighted by Crippen LogP contribution is 2.38. The first-order valence-electron chi connectivity index (χ1n) is 11.0. The van der Waals surface area contributed by atoms with Crippen LogP contribution in [-0.2, 0) is 4.79 Å². The molecule has 9 heteroatoms. The number of nitrogens with one attached hydrogen (secondary N) is 1. The quantitative estimate of drug-likeness (QED) is 0.248. The molecule has 1 amide bonds. The number of carbonyl (C=O) groups is 2. The number of aromatic nitrogens is 3. The molecule has 0 saturated carbocycles. The number of carbonyl (C=O) groups excluding carboxylic acids is 2. The van der Waals surface area contributed by atoms with Crippen molar-refractivity contribution >= 4 is 29.1 Å². The van der Waals surface area contributed by atoms with Gasteiger partial charge in [-0.3, -0.25) is 9.59 Å². The van der Waals surface area contributed by atoms with Gasteiger partial charge in [-0.1, -0.05) is 36.0 Å². The predicted octanol–water partition coefficient (Wildman–Crippen LogP) is 5.16. The minimum atomic E-state index is -0.170. The minimum absolute atomic E-state index is 0.0920. The SMILES string of the molecule is COc1ccccc1-c1nnc(SCC(=O)c2ccc(NC(C)=O)cc2)nc1-c1ccccc1OC. The van der Waals surface area contributed by atoms with Crippen molar-refractivity contribution in [2.24, 2.45) is 0 Å². The Bertz CT molecular complexity index is 1390. The van der Waals surface area contributed by atoms with Crippen LogP contribution in [0.15, 0.2) is 78.0 Å². The van der Waals surface area contributed by atoms with E-state index in [0.29, 0.717) is 39.3 Å². The summed E-state index contributed by atoms with van der Waals surface area (Å²) < 4.78 is 11.1. The molecule has 0 bridgehead atoms. The number of para-hydroxylation sites is 2. The molecule has 0 atom stereocenters. The van der Waals surface area contributed by atoms with Crippen LogP contribution in [0.1, 0.15) is 17.3 Å². The standard InChI is InChI=1S/C27H24N4O4S/c1-17(32)28-19-14-12-18(13-15-19)22(33)16-36-27-29-25(20-8-4-6-10-23(20)34-2)26(30-31-27)21-9-5-7-11-24(21)35-3/h4-15H,16H2,1-3H3,(H,28,32). The monoisotopic (exact) mass is 500 g/mol. The van der Waals surface area contributed by atoms with Crippen LogP contribution in [0.2, 0.25) is 0 Å². The lowest BCUT2D eigenvalue weighted by molar-refractivity contribution is -0.114. The third-order valence-electron chi connectivity index (χ3n) is 5.25. The molecule has 0 unspecified atom stereocenters. The predicted molar refractivity (Wildman–Crippen MR) is 140 cm³/mol. The van der Waals surface area contributed by atoms with Gasteiger partial charge >= 0.3 is 0 Å². The minimum Gasteiger partial charge on any atom is -0.496 e. The van der Waals surface area contributed by atoms with Gasteiger partial charge in [-0.25, -0.2) is 4.98 Å². The van der Waals surface area contributed by atoms with Gasteiger partial charge in [0.2, 0.25) is 11.1 Å². The molecule has 4 rings (SSSR count). The molecule has 1 N–H and O–H groups in total. The second-order valence-electron chi connectivity index (χ2n) is 7.66. The van der Waals surface area contributed by atoms with Gasteiger partial charge in [0.25, 0.3) is 0 Å². The first-order chi connectivity index (χ1) is 17.5. The summed E-state index contributed by atoms with van der Waals surface area (Å²) in [6.07, 6.45) is 0. The molecule has 1 heterocycles. The van der Waals surface area contributed by atoms with Gasteiger partial charge in [-0.2, -0.15) is 0 Å². The number of ether oxygens (including phenoxy) is 2. The molecule has 1 aromatic heterocycles. The maximum Gasteiger partial charge on any atom is 0.221 e. The van der Waals surface area contributed by atoms with E-state index in [1.54, 1.807) is 38.5 Å². The van der Waals surface area contributed by atoms with Crippen LogP contribution >= 0.6 is 11.8 Å². The Kier molecular flexibility index (Phi) is 7.92. The Morgan fingerprint density at radius 2 is 1.39 bits per heavy atom. The molecule has 4 aromatic rings. The van der Waals surface area contributed by atoms with Gasteiger partial charge in [-0.15, -0.1) is 10.2 Å². The lowest BCUT2D eigenvalue weighted by Gasteiger charge is -2.14. The van der Waals surface area contributed by atoms with E-state index in [-0.39, 0.29) is 17.4 Å². The van der Waals surface area contributed by atoms with Gasteiger partial charge in [-0.05, 0) is 48.5 Å². The van der Waals surface area contributed by atoms with Gasteiger partial charge < -0.3 is 14.8 Å². The third-order valence-corrected chi connectivity index (χ3v) is 6.09. The molecule has 0 aliphatic heterocycles. The smallest absolute Gasteiger partial charge is 0.221 e. The maximum atomic E-state index is 12.8. The van der Waals surface area contributed by atoms with Crippen LogP contribution in [0.4, 0.5) is 5.69 Å². The fraction of sp³-hybridized carbons (Fsp3) is 0.148. The molecular weight excluding hydrogens is 476 g/mol. The van der Waals surface area contributed by atoms with Crippen LogP contribution in [0.5, 0.6) is 11.5 Å². The molecular formula is C27H24N4O4S. The number of anilines is 1. The molecule has 8 nitrogen and oxygen atoms in total. The molecule has 0 spiro atoms. The zero-order chi connectivity index (χ0) is 25.5. The second-order valence-corrected chi connectivity index (χ2v) is 8.61. The van der Waals surface area contributed by atoms with Crippen LogP contribution in [-0.4, -0.2) is 46.8 Å². The van der Waals surface area contributed by atoms with Crippen molar-refractivity contribution in [2.75, 3.05) is 25.3 Å². The number of ketones is 1. The number of hydrogen-bond acceptors (Lipinski definition) is 8. The van der Waals surface area contributed by atoms with Gasteiger partial charge in [0.15, 0.2) is 5.78 Å². The van der Waals surface area contributed by atoms with Crippen LogP contribution in [0, 0.1) is 0 Å². The number of benzene rings is 3. The summed E-state index contributed by atoms with van der Waals surface area (Å²) >= 11 is 1.20. The molecule has 182 valence electrons. The molecule has 0 saturated heterocycles. The number of rotatable bonds is 9. The van der Waals surface area contributed by atoms with Crippen molar-refractivity contribution < 1.29 is 19.1 Å². The first kappa shape index (κ1) is 24.9. The zero-order valence-electron chi connectivity index (χ0n) is 20.0. The van der Waals surface area contributed by atoms with Crippen molar-refractivity contribution in [1.82, 2.24) is 15.2 Å². The summed E-state index contributed by atoms with van der Waals surface area (Å²) in [5.41, 5.74) is 3.76. The first-order valence-corrected chi connectivity index (χ1v) is 12.0. The Morgan fingerprint density at radius 3 is 1.97 bits per heavy atom. The Labute approximate surface area is 213 Å². The van der Waals surface area contributed by atoms with Crippen LogP contribution in [0.3, 0.4) is 0 Å². The highest BCUT2D eigenvalue weighted by atomic mass is 32.2. The summed E-state index contributed by atoms with van der Waals surface area (Å²) in [4.78, 5) is 28.7. The number of methoxy groups -OCH3 is 2. The summed E-state index contributed by atoms with van der Waals surface area (Å²) in [5.74, 6) is 1.14. The fourth-order valence-corrected chi connectivity index (χ4v) is 4.26. The van der Waals surface area contributed by atoms with E-state index in [1.807, 2.05) is 48.5 Å². The van der Waals surface area contributed by atoms with Crippen LogP contribution < -0.4 is 14.8 Å². The van der Waals surface area contributed by atoms with E-state index in [4.69, 9.17) is 14.5 Å². The number of hydrogen-bond donors (Lipinski definition) is 1. The van der Waals surface area contributed by atoms with E-state index in [9.17, 15) is 9.59 Å². The summed E-state index contributed by atoms with van der Waals surface area (Å²) in [7, 11) is 3.20. The summed E-state index contributed by atoms with van der Waals surface area (Å²) in [6.45, 7) is 1.43. The summed E-state index contributed by atoms with van der Waals surface area (Å²) in [6, 6.07) is 21.8. The van der Waals surface area contributed by atoms with Crippen molar-refractivity contribution in [1.29, 1.82) is 0 Å². The average molecular weight is 501 g/mol. The average Bonchev–Trinajstić information content (AvgIpc) is 2.91. The van der Waals surface area contributed by atoms with Crippen LogP contribution in [0.25, 0.3) is 22.5 Å². The van der Waals surface area contributed by atoms with E-state index in [1.165, 1.54) is 18.7 Å².